The number of hydrogen-bond donors (Lipinski definition) is 2. The average molecular weight is 365 g/mol. The molecule has 0 spiro atoms. The van der Waals surface area contributed by atoms with E-state index in [0.717, 1.165) is 4.47 Å². The van der Waals surface area contributed by atoms with Gasteiger partial charge in [0.1, 0.15) is 5.76 Å². The Hall–Kier alpha value is -2.08. The summed E-state index contributed by atoms with van der Waals surface area (Å²) in [5, 5.41) is 5.53. The fourth-order valence-corrected chi connectivity index (χ4v) is 2.18. The largest absolute Gasteiger partial charge is 0.467 e. The predicted molar refractivity (Wildman–Crippen MR) is 86.4 cm³/mol. The molecule has 0 aliphatic rings. The van der Waals surface area contributed by atoms with Gasteiger partial charge >= 0.3 is 0 Å². The van der Waals surface area contributed by atoms with Gasteiger partial charge < -0.3 is 15.1 Å². The average Bonchev–Trinajstić information content (AvgIpc) is 3.02. The van der Waals surface area contributed by atoms with E-state index in [4.69, 9.17) is 4.42 Å². The molecule has 0 saturated heterocycles. The van der Waals surface area contributed by atoms with Crippen LogP contribution in [0.25, 0.3) is 0 Å². The number of carbonyl (C=O) groups is 2. The molecule has 116 valence electrons. The molecule has 2 amide bonds. The zero-order valence-corrected chi connectivity index (χ0v) is 13.7. The Morgan fingerprint density at radius 3 is 2.59 bits per heavy atom. The van der Waals surface area contributed by atoms with Crippen LogP contribution in [0.1, 0.15) is 35.5 Å². The minimum Gasteiger partial charge on any atom is -0.467 e. The molecule has 0 bridgehead atoms. The second-order valence-corrected chi connectivity index (χ2v) is 5.73. The van der Waals surface area contributed by atoms with E-state index in [1.54, 1.807) is 42.7 Å². The van der Waals surface area contributed by atoms with E-state index in [9.17, 15) is 9.59 Å². The van der Waals surface area contributed by atoms with Crippen molar-refractivity contribution in [1.82, 2.24) is 10.6 Å². The highest BCUT2D eigenvalue weighted by atomic mass is 79.9. The number of halogens is 1. The minimum atomic E-state index is -0.195. The summed E-state index contributed by atoms with van der Waals surface area (Å²) in [7, 11) is 0. The third kappa shape index (κ3) is 4.73. The molecule has 5 nitrogen and oxygen atoms in total. The van der Waals surface area contributed by atoms with E-state index in [-0.39, 0.29) is 30.8 Å². The van der Waals surface area contributed by atoms with E-state index >= 15 is 0 Å². The SMILES string of the molecule is C[C@H](NC(=O)CCNC(=O)c1ccc(Br)cc1)c1ccco1. The second kappa shape index (κ2) is 7.79. The lowest BCUT2D eigenvalue weighted by Crippen LogP contribution is -2.31. The third-order valence-electron chi connectivity index (χ3n) is 3.09. The standard InChI is InChI=1S/C16H17BrN2O3/c1-11(14-3-2-10-22-14)19-15(20)8-9-18-16(21)12-4-6-13(17)7-5-12/h2-7,10-11H,8-9H2,1H3,(H,18,21)(H,19,20)/t11-/m0/s1. The maximum atomic E-state index is 11.9. The number of rotatable bonds is 6. The van der Waals surface area contributed by atoms with E-state index in [0.29, 0.717) is 11.3 Å². The number of amides is 2. The number of hydrogen-bond acceptors (Lipinski definition) is 3. The molecular formula is C16H17BrN2O3. The van der Waals surface area contributed by atoms with Crippen molar-refractivity contribution in [3.05, 3.63) is 58.5 Å². The molecule has 1 atom stereocenters. The first-order valence-electron chi connectivity index (χ1n) is 6.93. The van der Waals surface area contributed by atoms with Crippen LogP contribution in [0.15, 0.2) is 51.6 Å². The first-order chi connectivity index (χ1) is 10.6. The number of furan rings is 1. The Kier molecular flexibility index (Phi) is 5.77. The van der Waals surface area contributed by atoms with Gasteiger partial charge in [-0.15, -0.1) is 0 Å². The minimum absolute atomic E-state index is 0.139. The van der Waals surface area contributed by atoms with Crippen LogP contribution in [0.2, 0.25) is 0 Å². The quantitative estimate of drug-likeness (QED) is 0.827. The summed E-state index contributed by atoms with van der Waals surface area (Å²) < 4.78 is 6.13. The summed E-state index contributed by atoms with van der Waals surface area (Å²) in [5.41, 5.74) is 0.563. The first-order valence-corrected chi connectivity index (χ1v) is 7.72. The van der Waals surface area contributed by atoms with Gasteiger partial charge in [0.15, 0.2) is 0 Å². The fraction of sp³-hybridized carbons (Fsp3) is 0.250. The molecule has 0 saturated carbocycles. The highest BCUT2D eigenvalue weighted by molar-refractivity contribution is 9.10. The Morgan fingerprint density at radius 2 is 1.95 bits per heavy atom. The van der Waals surface area contributed by atoms with Crippen molar-refractivity contribution in [3.8, 4) is 0 Å². The molecule has 2 N–H and O–H groups in total. The maximum Gasteiger partial charge on any atom is 0.251 e. The van der Waals surface area contributed by atoms with Crippen molar-refractivity contribution in [2.75, 3.05) is 6.54 Å². The van der Waals surface area contributed by atoms with E-state index in [1.165, 1.54) is 0 Å². The van der Waals surface area contributed by atoms with Gasteiger partial charge in [-0.05, 0) is 43.3 Å². The highest BCUT2D eigenvalue weighted by Crippen LogP contribution is 2.12. The number of benzene rings is 1. The molecule has 1 aromatic heterocycles. The lowest BCUT2D eigenvalue weighted by Gasteiger charge is -2.11. The first kappa shape index (κ1) is 16.3. The monoisotopic (exact) mass is 364 g/mol. The summed E-state index contributed by atoms with van der Waals surface area (Å²) in [4.78, 5) is 23.7. The van der Waals surface area contributed by atoms with Crippen LogP contribution in [-0.2, 0) is 4.79 Å². The van der Waals surface area contributed by atoms with Crippen LogP contribution in [0.4, 0.5) is 0 Å². The van der Waals surface area contributed by atoms with Crippen LogP contribution in [0.3, 0.4) is 0 Å². The lowest BCUT2D eigenvalue weighted by molar-refractivity contribution is -0.121. The fourth-order valence-electron chi connectivity index (χ4n) is 1.92. The molecule has 0 aliphatic carbocycles. The van der Waals surface area contributed by atoms with Crippen molar-refractivity contribution in [2.45, 2.75) is 19.4 Å². The number of carbonyl (C=O) groups excluding carboxylic acids is 2. The summed E-state index contributed by atoms with van der Waals surface area (Å²) in [6.45, 7) is 2.13. The van der Waals surface area contributed by atoms with Crippen LogP contribution >= 0.6 is 15.9 Å². The van der Waals surface area contributed by atoms with Gasteiger partial charge in [-0.2, -0.15) is 0 Å². The Morgan fingerprint density at radius 1 is 1.23 bits per heavy atom. The van der Waals surface area contributed by atoms with E-state index < -0.39 is 0 Å². The molecule has 0 radical (unpaired) electrons. The topological polar surface area (TPSA) is 71.3 Å². The van der Waals surface area contributed by atoms with E-state index in [2.05, 4.69) is 26.6 Å². The molecule has 1 aromatic carbocycles. The van der Waals surface area contributed by atoms with Gasteiger partial charge in [-0.1, -0.05) is 15.9 Å². The predicted octanol–water partition coefficient (Wildman–Crippen LogP) is 3.04. The Balaban J connectivity index is 1.72. The smallest absolute Gasteiger partial charge is 0.251 e. The summed E-state index contributed by atoms with van der Waals surface area (Å²) in [5.74, 6) is 0.367. The molecule has 0 unspecified atom stereocenters. The van der Waals surface area contributed by atoms with Gasteiger partial charge in [0.2, 0.25) is 5.91 Å². The van der Waals surface area contributed by atoms with E-state index in [1.807, 2.05) is 6.92 Å². The van der Waals surface area contributed by atoms with Gasteiger partial charge in [-0.3, -0.25) is 9.59 Å². The number of nitrogens with one attached hydrogen (secondary N) is 2. The van der Waals surface area contributed by atoms with Gasteiger partial charge in [0, 0.05) is 23.0 Å². The van der Waals surface area contributed by atoms with Crippen LogP contribution < -0.4 is 10.6 Å². The highest BCUT2D eigenvalue weighted by Gasteiger charge is 2.12. The molecule has 22 heavy (non-hydrogen) atoms. The van der Waals surface area contributed by atoms with Crippen molar-refractivity contribution in [1.29, 1.82) is 0 Å². The van der Waals surface area contributed by atoms with Crippen molar-refractivity contribution >= 4 is 27.7 Å². The van der Waals surface area contributed by atoms with Gasteiger partial charge in [0.25, 0.3) is 5.91 Å². The normalized spacial score (nSPS) is 11.7. The molecule has 0 aliphatic heterocycles. The van der Waals surface area contributed by atoms with Crippen LogP contribution in [-0.4, -0.2) is 18.4 Å². The lowest BCUT2D eigenvalue weighted by atomic mass is 10.2. The van der Waals surface area contributed by atoms with Crippen LogP contribution in [0, 0.1) is 0 Å². The van der Waals surface area contributed by atoms with Gasteiger partial charge in [-0.25, -0.2) is 0 Å². The zero-order chi connectivity index (χ0) is 15.9. The second-order valence-electron chi connectivity index (χ2n) is 4.82. The molecule has 6 heteroatoms. The van der Waals surface area contributed by atoms with Crippen LogP contribution in [0.5, 0.6) is 0 Å². The molecule has 1 heterocycles. The summed E-state index contributed by atoms with van der Waals surface area (Å²) in [6.07, 6.45) is 1.78. The molecule has 2 rings (SSSR count). The zero-order valence-electron chi connectivity index (χ0n) is 12.1. The third-order valence-corrected chi connectivity index (χ3v) is 3.62. The maximum absolute atomic E-state index is 11.9. The van der Waals surface area contributed by atoms with Crippen molar-refractivity contribution in [2.24, 2.45) is 0 Å². The van der Waals surface area contributed by atoms with Crippen molar-refractivity contribution < 1.29 is 14.0 Å². The Labute approximate surface area is 137 Å². The molecule has 0 fully saturated rings. The summed E-state index contributed by atoms with van der Waals surface area (Å²) >= 11 is 3.31. The van der Waals surface area contributed by atoms with Gasteiger partial charge in [0.05, 0.1) is 12.3 Å². The van der Waals surface area contributed by atoms with Crippen molar-refractivity contribution in [3.63, 3.8) is 0 Å². The summed E-state index contributed by atoms with van der Waals surface area (Å²) in [6, 6.07) is 10.4. The molecule has 2 aromatic rings. The Bertz CT molecular complexity index is 623. The molecular weight excluding hydrogens is 348 g/mol.